The van der Waals surface area contributed by atoms with Gasteiger partial charge in [-0.3, -0.25) is 4.90 Å². The average Bonchev–Trinajstić information content (AvgIpc) is 2.97. The molecule has 2 aromatic rings. The number of nitrogens with zero attached hydrogens (tertiary/aromatic N) is 1. The van der Waals surface area contributed by atoms with Crippen molar-refractivity contribution in [3.05, 3.63) is 71.8 Å². The van der Waals surface area contributed by atoms with Gasteiger partial charge in [0, 0.05) is 0 Å². The van der Waals surface area contributed by atoms with E-state index >= 15 is 0 Å². The van der Waals surface area contributed by atoms with E-state index in [0.29, 0.717) is 0 Å². The first-order valence-corrected chi connectivity index (χ1v) is 12.6. The van der Waals surface area contributed by atoms with Crippen LogP contribution in [0, 0.1) is 0 Å². The third kappa shape index (κ3) is 4.00. The number of cyclic esters (lactones) is 1. The van der Waals surface area contributed by atoms with Crippen molar-refractivity contribution in [3.63, 3.8) is 0 Å². The van der Waals surface area contributed by atoms with Gasteiger partial charge in [-0.25, -0.2) is 4.79 Å². The minimum atomic E-state index is -1.82. The Morgan fingerprint density at radius 1 is 1.00 bits per heavy atom. The van der Waals surface area contributed by atoms with Crippen LogP contribution in [0.2, 0.25) is 19.6 Å². The molecule has 0 radical (unpaired) electrons. The van der Waals surface area contributed by atoms with Crippen molar-refractivity contribution in [2.75, 3.05) is 0 Å². The molecule has 1 heterocycles. The van der Waals surface area contributed by atoms with Crippen LogP contribution in [0.3, 0.4) is 0 Å². The molecule has 1 amide bonds. The number of ether oxygens (including phenoxy) is 1. The minimum absolute atomic E-state index is 0.201. The van der Waals surface area contributed by atoms with E-state index < -0.39 is 8.32 Å². The zero-order valence-corrected chi connectivity index (χ0v) is 16.9. The lowest BCUT2D eigenvalue weighted by molar-refractivity contribution is 0.0284. The third-order valence-electron chi connectivity index (χ3n) is 4.44. The molecule has 0 bridgehead atoms. The Labute approximate surface area is 156 Å². The highest BCUT2D eigenvalue weighted by molar-refractivity contribution is 6.69. The van der Waals surface area contributed by atoms with E-state index in [1.54, 1.807) is 4.90 Å². The first kappa shape index (κ1) is 18.7. The maximum atomic E-state index is 12.9. The van der Waals surface area contributed by atoms with Gasteiger partial charge in [-0.15, -0.1) is 0 Å². The SMILES string of the molecule is CC[C@@H](O[Si](C)(C)C)N1C(=O)O[C@@H](c2ccccc2)[C@H]1c1ccccc1. The number of rotatable bonds is 6. The van der Waals surface area contributed by atoms with Gasteiger partial charge in [0.05, 0.1) is 0 Å². The molecule has 0 saturated carbocycles. The second-order valence-electron chi connectivity index (χ2n) is 7.57. The number of benzene rings is 2. The van der Waals surface area contributed by atoms with Gasteiger partial charge in [0.2, 0.25) is 0 Å². The number of hydrogen-bond donors (Lipinski definition) is 0. The monoisotopic (exact) mass is 369 g/mol. The summed E-state index contributed by atoms with van der Waals surface area (Å²) in [6.45, 7) is 8.48. The van der Waals surface area contributed by atoms with Crippen molar-refractivity contribution < 1.29 is 14.0 Å². The van der Waals surface area contributed by atoms with Gasteiger partial charge in [-0.2, -0.15) is 0 Å². The topological polar surface area (TPSA) is 38.8 Å². The van der Waals surface area contributed by atoms with E-state index in [4.69, 9.17) is 9.16 Å². The summed E-state index contributed by atoms with van der Waals surface area (Å²) >= 11 is 0. The molecule has 0 aliphatic carbocycles. The Morgan fingerprint density at radius 2 is 1.54 bits per heavy atom. The Bertz CT molecular complexity index is 730. The molecule has 1 aliphatic heterocycles. The molecule has 1 fully saturated rings. The molecule has 3 atom stereocenters. The fraction of sp³-hybridized carbons (Fsp3) is 0.381. The van der Waals surface area contributed by atoms with Crippen molar-refractivity contribution in [3.8, 4) is 0 Å². The molecule has 2 aromatic carbocycles. The zero-order valence-electron chi connectivity index (χ0n) is 15.9. The second kappa shape index (κ2) is 7.64. The van der Waals surface area contributed by atoms with Crippen molar-refractivity contribution in [1.29, 1.82) is 0 Å². The summed E-state index contributed by atoms with van der Waals surface area (Å²) in [4.78, 5) is 14.7. The average molecular weight is 370 g/mol. The van der Waals surface area contributed by atoms with Gasteiger partial charge in [-0.05, 0) is 37.2 Å². The standard InChI is InChI=1S/C21H27NO3Si/c1-5-18(25-26(2,3)4)22-19(16-12-8-6-9-13-16)20(24-21(22)23)17-14-10-7-11-15-17/h6-15,18-20H,5H2,1-4H3/t18-,19-,20+/m1/s1. The first-order chi connectivity index (χ1) is 12.4. The lowest BCUT2D eigenvalue weighted by Gasteiger charge is -2.35. The largest absolute Gasteiger partial charge is 0.439 e. The van der Waals surface area contributed by atoms with Crippen molar-refractivity contribution in [1.82, 2.24) is 4.90 Å². The van der Waals surface area contributed by atoms with Crippen LogP contribution in [-0.4, -0.2) is 25.5 Å². The highest BCUT2D eigenvalue weighted by Crippen LogP contribution is 2.44. The molecule has 26 heavy (non-hydrogen) atoms. The van der Waals surface area contributed by atoms with Crippen LogP contribution in [0.1, 0.15) is 36.6 Å². The minimum Gasteiger partial charge on any atom is -0.439 e. The first-order valence-electron chi connectivity index (χ1n) is 9.17. The second-order valence-corrected chi connectivity index (χ2v) is 12.0. The number of carbonyl (C=O) groups excluding carboxylic acids is 1. The van der Waals surface area contributed by atoms with Crippen molar-refractivity contribution >= 4 is 14.4 Å². The normalized spacial score (nSPS) is 21.5. The molecular formula is C21H27NO3Si. The summed E-state index contributed by atoms with van der Waals surface area (Å²) in [5, 5.41) is 0. The van der Waals surface area contributed by atoms with E-state index in [-0.39, 0.29) is 24.5 Å². The predicted molar refractivity (Wildman–Crippen MR) is 105 cm³/mol. The summed E-state index contributed by atoms with van der Waals surface area (Å²) in [7, 11) is -1.82. The Hall–Kier alpha value is -2.11. The lowest BCUT2D eigenvalue weighted by atomic mass is 9.95. The molecular weight excluding hydrogens is 342 g/mol. The van der Waals surface area contributed by atoms with Crippen LogP contribution in [-0.2, 0) is 9.16 Å². The van der Waals surface area contributed by atoms with Gasteiger partial charge in [0.1, 0.15) is 12.3 Å². The van der Waals surface area contributed by atoms with E-state index in [0.717, 1.165) is 17.5 Å². The Kier molecular flexibility index (Phi) is 5.49. The van der Waals surface area contributed by atoms with Crippen LogP contribution in [0.15, 0.2) is 60.7 Å². The van der Waals surface area contributed by atoms with Crippen LogP contribution >= 0.6 is 0 Å². The van der Waals surface area contributed by atoms with Crippen LogP contribution in [0.4, 0.5) is 4.79 Å². The van der Waals surface area contributed by atoms with Crippen molar-refractivity contribution in [2.45, 2.75) is 51.4 Å². The fourth-order valence-electron chi connectivity index (χ4n) is 3.41. The molecule has 0 spiro atoms. The van der Waals surface area contributed by atoms with E-state index in [9.17, 15) is 4.79 Å². The summed E-state index contributed by atoms with van der Waals surface area (Å²) in [6.07, 6.45) is -0.208. The molecule has 1 aliphatic rings. The quantitative estimate of drug-likeness (QED) is 0.630. The zero-order chi connectivity index (χ0) is 18.7. The predicted octanol–water partition coefficient (Wildman–Crippen LogP) is 5.51. The van der Waals surface area contributed by atoms with E-state index in [2.05, 4.69) is 38.7 Å². The van der Waals surface area contributed by atoms with Gasteiger partial charge in [0.15, 0.2) is 14.4 Å². The Balaban J connectivity index is 2.03. The molecule has 5 heteroatoms. The highest BCUT2D eigenvalue weighted by Gasteiger charge is 2.47. The number of amides is 1. The van der Waals surface area contributed by atoms with Gasteiger partial charge >= 0.3 is 6.09 Å². The van der Waals surface area contributed by atoms with Crippen LogP contribution < -0.4 is 0 Å². The van der Waals surface area contributed by atoms with Crippen LogP contribution in [0.5, 0.6) is 0 Å². The van der Waals surface area contributed by atoms with Crippen LogP contribution in [0.25, 0.3) is 0 Å². The lowest BCUT2D eigenvalue weighted by Crippen LogP contribution is -2.45. The smallest absolute Gasteiger partial charge is 0.413 e. The molecule has 0 aromatic heterocycles. The van der Waals surface area contributed by atoms with Gasteiger partial charge in [-0.1, -0.05) is 67.6 Å². The molecule has 1 saturated heterocycles. The van der Waals surface area contributed by atoms with Gasteiger partial charge < -0.3 is 9.16 Å². The summed E-state index contributed by atoms with van der Waals surface area (Å²) < 4.78 is 12.2. The van der Waals surface area contributed by atoms with Crippen molar-refractivity contribution in [2.24, 2.45) is 0 Å². The fourth-order valence-corrected chi connectivity index (χ4v) is 4.51. The molecule has 4 nitrogen and oxygen atoms in total. The molecule has 3 rings (SSSR count). The maximum absolute atomic E-state index is 12.9. The summed E-state index contributed by atoms with van der Waals surface area (Å²) in [6, 6.07) is 19.8. The van der Waals surface area contributed by atoms with Gasteiger partial charge in [0.25, 0.3) is 0 Å². The summed E-state index contributed by atoms with van der Waals surface area (Å²) in [5.41, 5.74) is 2.06. The third-order valence-corrected chi connectivity index (χ3v) is 5.42. The summed E-state index contributed by atoms with van der Waals surface area (Å²) in [5.74, 6) is 0. The maximum Gasteiger partial charge on any atom is 0.413 e. The highest BCUT2D eigenvalue weighted by atomic mass is 28.4. The van der Waals surface area contributed by atoms with E-state index in [1.807, 2.05) is 48.5 Å². The molecule has 0 unspecified atom stereocenters. The molecule has 138 valence electrons. The molecule has 0 N–H and O–H groups in total. The van der Waals surface area contributed by atoms with E-state index in [1.165, 1.54) is 0 Å². The Morgan fingerprint density at radius 3 is 2.04 bits per heavy atom. The number of hydrogen-bond acceptors (Lipinski definition) is 3. The number of carbonyl (C=O) groups is 1.